The number of likely N-dealkylation sites (N-methyl/N-ethyl adjacent to an activating group) is 1. The van der Waals surface area contributed by atoms with Crippen LogP contribution >= 0.6 is 0 Å². The van der Waals surface area contributed by atoms with Gasteiger partial charge in [-0.25, -0.2) is 0 Å². The van der Waals surface area contributed by atoms with Gasteiger partial charge in [-0.05, 0) is 50.1 Å². The second-order valence-electron chi connectivity index (χ2n) is 7.36. The van der Waals surface area contributed by atoms with Gasteiger partial charge >= 0.3 is 0 Å². The number of fused-ring (bicyclic) bond motifs is 2. The van der Waals surface area contributed by atoms with Gasteiger partial charge in [-0.3, -0.25) is 9.69 Å². The van der Waals surface area contributed by atoms with E-state index in [0.29, 0.717) is 6.04 Å². The summed E-state index contributed by atoms with van der Waals surface area (Å²) in [6, 6.07) is 6.93. The molecule has 0 bridgehead atoms. The molecular formula is C21H27N3O. The number of hydrogen-bond donors (Lipinski definition) is 0. The van der Waals surface area contributed by atoms with Crippen LogP contribution in [0.1, 0.15) is 25.0 Å². The molecule has 4 nitrogen and oxygen atoms in total. The van der Waals surface area contributed by atoms with Gasteiger partial charge in [0.2, 0.25) is 5.91 Å². The van der Waals surface area contributed by atoms with Crippen LogP contribution in [-0.4, -0.2) is 53.0 Å². The molecule has 0 saturated heterocycles. The summed E-state index contributed by atoms with van der Waals surface area (Å²) in [5.74, 6) is 0.213. The Bertz CT molecular complexity index is 859. The van der Waals surface area contributed by atoms with Crippen molar-refractivity contribution < 1.29 is 4.79 Å². The van der Waals surface area contributed by atoms with Crippen LogP contribution in [0.25, 0.3) is 16.5 Å². The smallest absolute Gasteiger partial charge is 0.230 e. The van der Waals surface area contributed by atoms with Crippen LogP contribution in [0.2, 0.25) is 0 Å². The SMILES string of the molecule is CCN(CC)C(=O)[C@@H]1C=C2c3cccc4c3c(cn4C)C[C@H]2N(C)C1. The Hall–Kier alpha value is -2.07. The van der Waals surface area contributed by atoms with E-state index in [0.717, 1.165) is 26.1 Å². The van der Waals surface area contributed by atoms with Crippen molar-refractivity contribution in [3.8, 4) is 0 Å². The standard InChI is InChI=1S/C21H27N3O/c1-5-24(6-2)21(25)15-10-17-16-8-7-9-18-20(16)14(12-22(18)3)11-19(17)23(4)13-15/h7-10,12,15,19H,5-6,11,13H2,1-4H3/t15-,19-/m1/s1. The van der Waals surface area contributed by atoms with Crippen LogP contribution < -0.4 is 0 Å². The highest BCUT2D eigenvalue weighted by atomic mass is 16.2. The van der Waals surface area contributed by atoms with E-state index in [1.165, 1.54) is 27.6 Å². The average Bonchev–Trinajstić information content (AvgIpc) is 2.94. The van der Waals surface area contributed by atoms with Gasteiger partial charge in [0.15, 0.2) is 0 Å². The van der Waals surface area contributed by atoms with Crippen molar-refractivity contribution in [2.24, 2.45) is 13.0 Å². The Kier molecular flexibility index (Phi) is 3.95. The summed E-state index contributed by atoms with van der Waals surface area (Å²) in [5, 5.41) is 1.37. The molecular weight excluding hydrogens is 310 g/mol. The van der Waals surface area contributed by atoms with Crippen LogP contribution in [-0.2, 0) is 18.3 Å². The minimum atomic E-state index is -0.0448. The van der Waals surface area contributed by atoms with Crippen LogP contribution in [0.3, 0.4) is 0 Å². The number of benzene rings is 1. The number of amides is 1. The van der Waals surface area contributed by atoms with Crippen molar-refractivity contribution in [3.05, 3.63) is 41.6 Å². The summed E-state index contributed by atoms with van der Waals surface area (Å²) in [6.07, 6.45) is 5.56. The van der Waals surface area contributed by atoms with E-state index in [4.69, 9.17) is 0 Å². The summed E-state index contributed by atoms with van der Waals surface area (Å²) < 4.78 is 2.23. The predicted molar refractivity (Wildman–Crippen MR) is 102 cm³/mol. The lowest BCUT2D eigenvalue weighted by atomic mass is 9.79. The fourth-order valence-corrected chi connectivity index (χ4v) is 4.65. The van der Waals surface area contributed by atoms with Gasteiger partial charge in [0.1, 0.15) is 0 Å². The molecule has 25 heavy (non-hydrogen) atoms. The highest BCUT2D eigenvalue weighted by molar-refractivity contribution is 5.99. The first-order chi connectivity index (χ1) is 12.0. The molecule has 1 aromatic carbocycles. The van der Waals surface area contributed by atoms with E-state index in [2.05, 4.69) is 67.9 Å². The topological polar surface area (TPSA) is 28.5 Å². The molecule has 1 amide bonds. The molecule has 4 heteroatoms. The van der Waals surface area contributed by atoms with Crippen molar-refractivity contribution in [1.82, 2.24) is 14.4 Å². The molecule has 2 heterocycles. The number of aryl methyl sites for hydroxylation is 1. The normalized spacial score (nSPS) is 22.6. The van der Waals surface area contributed by atoms with E-state index in [-0.39, 0.29) is 11.8 Å². The molecule has 1 aromatic heterocycles. The van der Waals surface area contributed by atoms with Crippen molar-refractivity contribution in [1.29, 1.82) is 0 Å². The Morgan fingerprint density at radius 3 is 2.72 bits per heavy atom. The largest absolute Gasteiger partial charge is 0.350 e. The molecule has 2 aliphatic rings. The Balaban J connectivity index is 1.82. The Morgan fingerprint density at radius 1 is 1.24 bits per heavy atom. The molecule has 4 rings (SSSR count). The third kappa shape index (κ3) is 2.43. The molecule has 0 saturated carbocycles. The average molecular weight is 337 g/mol. The maximum absolute atomic E-state index is 12.9. The fourth-order valence-electron chi connectivity index (χ4n) is 4.65. The highest BCUT2D eigenvalue weighted by Gasteiger charge is 2.36. The van der Waals surface area contributed by atoms with Gasteiger partial charge in [0, 0.05) is 49.8 Å². The molecule has 0 N–H and O–H groups in total. The number of rotatable bonds is 3. The highest BCUT2D eigenvalue weighted by Crippen LogP contribution is 2.41. The first-order valence-electron chi connectivity index (χ1n) is 9.33. The number of hydrogen-bond acceptors (Lipinski definition) is 2. The van der Waals surface area contributed by atoms with Crippen LogP contribution in [0.5, 0.6) is 0 Å². The van der Waals surface area contributed by atoms with Crippen LogP contribution in [0.4, 0.5) is 0 Å². The summed E-state index contributed by atoms with van der Waals surface area (Å²) in [5.41, 5.74) is 5.36. The van der Waals surface area contributed by atoms with E-state index in [9.17, 15) is 4.79 Å². The molecule has 1 aliphatic heterocycles. The monoisotopic (exact) mass is 337 g/mol. The summed E-state index contributed by atoms with van der Waals surface area (Å²) in [6.45, 7) is 6.48. The van der Waals surface area contributed by atoms with Crippen molar-refractivity contribution in [3.63, 3.8) is 0 Å². The van der Waals surface area contributed by atoms with Crippen LogP contribution in [0.15, 0.2) is 30.5 Å². The molecule has 132 valence electrons. The van der Waals surface area contributed by atoms with E-state index >= 15 is 0 Å². The molecule has 2 atom stereocenters. The first-order valence-corrected chi connectivity index (χ1v) is 9.33. The zero-order valence-electron chi connectivity index (χ0n) is 15.6. The van der Waals surface area contributed by atoms with Gasteiger partial charge in [0.25, 0.3) is 0 Å². The number of carbonyl (C=O) groups is 1. The summed E-state index contributed by atoms with van der Waals surface area (Å²) in [4.78, 5) is 17.2. The van der Waals surface area contributed by atoms with Crippen molar-refractivity contribution in [2.75, 3.05) is 26.7 Å². The van der Waals surface area contributed by atoms with Gasteiger partial charge < -0.3 is 9.47 Å². The van der Waals surface area contributed by atoms with Gasteiger partial charge in [-0.1, -0.05) is 18.2 Å². The molecule has 0 spiro atoms. The quantitative estimate of drug-likeness (QED) is 0.861. The molecule has 0 radical (unpaired) electrons. The lowest BCUT2D eigenvalue weighted by molar-refractivity contribution is -0.134. The third-order valence-electron chi connectivity index (χ3n) is 5.97. The summed E-state index contributed by atoms with van der Waals surface area (Å²) >= 11 is 0. The first kappa shape index (κ1) is 16.4. The fraction of sp³-hybridized carbons (Fsp3) is 0.476. The Morgan fingerprint density at radius 2 is 2.00 bits per heavy atom. The number of carbonyl (C=O) groups excluding carboxylic acids is 1. The maximum Gasteiger partial charge on any atom is 0.230 e. The second kappa shape index (κ2) is 6.03. The minimum Gasteiger partial charge on any atom is -0.350 e. The van der Waals surface area contributed by atoms with Gasteiger partial charge in [0.05, 0.1) is 5.92 Å². The molecule has 1 aliphatic carbocycles. The Labute approximate surface area is 149 Å². The number of nitrogens with zero attached hydrogens (tertiary/aromatic N) is 3. The van der Waals surface area contributed by atoms with E-state index in [1.807, 2.05) is 4.90 Å². The van der Waals surface area contributed by atoms with E-state index in [1.54, 1.807) is 0 Å². The van der Waals surface area contributed by atoms with Crippen LogP contribution in [0, 0.1) is 5.92 Å². The number of aromatic nitrogens is 1. The zero-order chi connectivity index (χ0) is 17.7. The second-order valence-corrected chi connectivity index (χ2v) is 7.36. The minimum absolute atomic E-state index is 0.0448. The van der Waals surface area contributed by atoms with Crippen molar-refractivity contribution >= 4 is 22.4 Å². The summed E-state index contributed by atoms with van der Waals surface area (Å²) in [7, 11) is 4.28. The van der Waals surface area contributed by atoms with Crippen molar-refractivity contribution in [2.45, 2.75) is 26.3 Å². The van der Waals surface area contributed by atoms with E-state index < -0.39 is 0 Å². The third-order valence-corrected chi connectivity index (χ3v) is 5.97. The van der Waals surface area contributed by atoms with Gasteiger partial charge in [-0.2, -0.15) is 0 Å². The lowest BCUT2D eigenvalue weighted by Gasteiger charge is -2.40. The zero-order valence-corrected chi connectivity index (χ0v) is 15.6. The molecule has 0 unspecified atom stereocenters. The lowest BCUT2D eigenvalue weighted by Crippen LogP contribution is -2.47. The maximum atomic E-state index is 12.9. The molecule has 0 fully saturated rings. The van der Waals surface area contributed by atoms with Gasteiger partial charge in [-0.15, -0.1) is 0 Å². The predicted octanol–water partition coefficient (Wildman–Crippen LogP) is 2.92. The molecule has 2 aromatic rings.